The molecule has 0 saturated carbocycles. The molecule has 2 rings (SSSR count). The van der Waals surface area contributed by atoms with E-state index in [2.05, 4.69) is 5.32 Å². The zero-order chi connectivity index (χ0) is 16.8. The average Bonchev–Trinajstić information content (AvgIpc) is 2.61. The van der Waals surface area contributed by atoms with Crippen LogP contribution in [0.5, 0.6) is 0 Å². The Bertz CT molecular complexity index is 681. The Morgan fingerprint density at radius 3 is 2.09 bits per heavy atom. The zero-order valence-corrected chi connectivity index (χ0v) is 14.3. The molecule has 0 heterocycles. The molecule has 1 N–H and O–H groups in total. The van der Waals surface area contributed by atoms with Gasteiger partial charge in [-0.05, 0) is 48.2 Å². The number of amides is 2. The largest absolute Gasteiger partial charge is 0.355 e. The van der Waals surface area contributed by atoms with E-state index in [0.717, 1.165) is 10.5 Å². The van der Waals surface area contributed by atoms with Gasteiger partial charge in [0, 0.05) is 36.7 Å². The van der Waals surface area contributed by atoms with Gasteiger partial charge in [0.05, 0.1) is 0 Å². The van der Waals surface area contributed by atoms with Gasteiger partial charge in [-0.15, -0.1) is 11.8 Å². The summed E-state index contributed by atoms with van der Waals surface area (Å²) in [5, 5.41) is 2.59. The van der Waals surface area contributed by atoms with Gasteiger partial charge < -0.3 is 10.2 Å². The molecule has 0 fully saturated rings. The van der Waals surface area contributed by atoms with Crippen LogP contribution in [0.15, 0.2) is 53.4 Å². The summed E-state index contributed by atoms with van der Waals surface area (Å²) in [5.41, 5.74) is 2.26. The maximum atomic E-state index is 12.4. The van der Waals surface area contributed by atoms with Crippen molar-refractivity contribution in [2.45, 2.75) is 11.4 Å². The van der Waals surface area contributed by atoms with Gasteiger partial charge in [-0.1, -0.05) is 12.1 Å². The van der Waals surface area contributed by atoms with E-state index in [9.17, 15) is 9.59 Å². The van der Waals surface area contributed by atoms with Crippen LogP contribution in [0.2, 0.25) is 0 Å². The molecule has 2 aromatic rings. The number of hydrogen-bond acceptors (Lipinski definition) is 3. The summed E-state index contributed by atoms with van der Waals surface area (Å²) in [7, 11) is 3.38. The summed E-state index contributed by atoms with van der Waals surface area (Å²) in [4.78, 5) is 26.7. The van der Waals surface area contributed by atoms with Crippen molar-refractivity contribution < 1.29 is 9.59 Å². The van der Waals surface area contributed by atoms with E-state index in [4.69, 9.17) is 0 Å². The van der Waals surface area contributed by atoms with Crippen LogP contribution in [0.3, 0.4) is 0 Å². The van der Waals surface area contributed by atoms with Crippen molar-refractivity contribution in [3.63, 3.8) is 0 Å². The van der Waals surface area contributed by atoms with Gasteiger partial charge in [0.15, 0.2) is 0 Å². The molecule has 0 radical (unpaired) electrons. The second-order valence-corrected chi connectivity index (χ2v) is 6.05. The number of nitrogens with zero attached hydrogens (tertiary/aromatic N) is 1. The minimum Gasteiger partial charge on any atom is -0.355 e. The number of nitrogens with one attached hydrogen (secondary N) is 1. The molecule has 0 aliphatic rings. The molecule has 2 aromatic carbocycles. The molecule has 0 aliphatic heterocycles. The van der Waals surface area contributed by atoms with Gasteiger partial charge in [0.25, 0.3) is 11.8 Å². The molecule has 0 bridgehead atoms. The van der Waals surface area contributed by atoms with E-state index in [0.29, 0.717) is 17.7 Å². The number of carbonyl (C=O) groups excluding carboxylic acids is 2. The predicted octanol–water partition coefficient (Wildman–Crippen LogP) is 3.04. The number of hydrogen-bond donors (Lipinski definition) is 1. The van der Waals surface area contributed by atoms with Crippen LogP contribution in [0.1, 0.15) is 26.3 Å². The molecule has 5 heteroatoms. The highest BCUT2D eigenvalue weighted by Gasteiger charge is 2.12. The molecule has 0 aromatic heterocycles. The molecule has 0 spiro atoms. The van der Waals surface area contributed by atoms with E-state index < -0.39 is 0 Å². The Morgan fingerprint density at radius 2 is 1.57 bits per heavy atom. The molecule has 0 unspecified atom stereocenters. The topological polar surface area (TPSA) is 49.4 Å². The molecule has 23 heavy (non-hydrogen) atoms. The molecule has 0 atom stereocenters. The van der Waals surface area contributed by atoms with E-state index in [1.807, 2.05) is 42.7 Å². The van der Waals surface area contributed by atoms with Crippen molar-refractivity contribution in [2.24, 2.45) is 0 Å². The van der Waals surface area contributed by atoms with E-state index in [1.165, 1.54) is 0 Å². The van der Waals surface area contributed by atoms with Gasteiger partial charge in [-0.2, -0.15) is 0 Å². The Kier molecular flexibility index (Phi) is 5.82. The highest BCUT2D eigenvalue weighted by Crippen LogP contribution is 2.16. The van der Waals surface area contributed by atoms with Crippen LogP contribution in [0.25, 0.3) is 0 Å². The first kappa shape index (κ1) is 17.1. The number of rotatable bonds is 5. The fourth-order valence-electron chi connectivity index (χ4n) is 2.21. The maximum Gasteiger partial charge on any atom is 0.253 e. The number of carbonyl (C=O) groups is 2. The minimum absolute atomic E-state index is 0.0203. The third-order valence-corrected chi connectivity index (χ3v) is 4.29. The van der Waals surface area contributed by atoms with Crippen LogP contribution in [-0.2, 0) is 6.54 Å². The lowest BCUT2D eigenvalue weighted by molar-refractivity contribution is 0.0784. The molecular formula is C18H20N2O2S. The third-order valence-electron chi connectivity index (χ3n) is 3.55. The lowest BCUT2D eigenvalue weighted by Crippen LogP contribution is -2.26. The zero-order valence-electron chi connectivity index (χ0n) is 13.5. The average molecular weight is 328 g/mol. The van der Waals surface area contributed by atoms with Gasteiger partial charge >= 0.3 is 0 Å². The summed E-state index contributed by atoms with van der Waals surface area (Å²) in [6.07, 6.45) is 2.01. The molecule has 4 nitrogen and oxygen atoms in total. The summed E-state index contributed by atoms with van der Waals surface area (Å²) in [5.74, 6) is -0.136. The molecule has 120 valence electrons. The van der Waals surface area contributed by atoms with Crippen LogP contribution in [0.4, 0.5) is 0 Å². The Hall–Kier alpha value is -2.27. The quantitative estimate of drug-likeness (QED) is 0.858. The van der Waals surface area contributed by atoms with Gasteiger partial charge in [-0.25, -0.2) is 0 Å². The van der Waals surface area contributed by atoms with Crippen molar-refractivity contribution in [1.82, 2.24) is 10.2 Å². The highest BCUT2D eigenvalue weighted by molar-refractivity contribution is 7.98. The van der Waals surface area contributed by atoms with Gasteiger partial charge in [0.2, 0.25) is 0 Å². The standard InChI is InChI=1S/C18H20N2O2S/c1-19-17(21)14-6-4-13(5-7-14)12-20(2)18(22)15-8-10-16(23-3)11-9-15/h4-11H,12H2,1-3H3,(H,19,21). The summed E-state index contributed by atoms with van der Waals surface area (Å²) in [6, 6.07) is 14.8. The van der Waals surface area contributed by atoms with Crippen molar-refractivity contribution in [2.75, 3.05) is 20.4 Å². The normalized spacial score (nSPS) is 10.2. The number of thioether (sulfide) groups is 1. The molecule has 0 saturated heterocycles. The first-order valence-corrected chi connectivity index (χ1v) is 8.48. The van der Waals surface area contributed by atoms with Crippen LogP contribution in [-0.4, -0.2) is 37.1 Å². The van der Waals surface area contributed by atoms with Crippen molar-refractivity contribution in [1.29, 1.82) is 0 Å². The highest BCUT2D eigenvalue weighted by atomic mass is 32.2. The Balaban J connectivity index is 2.03. The van der Waals surface area contributed by atoms with E-state index >= 15 is 0 Å². The lowest BCUT2D eigenvalue weighted by Gasteiger charge is -2.17. The first-order chi connectivity index (χ1) is 11.0. The van der Waals surface area contributed by atoms with E-state index in [-0.39, 0.29) is 11.8 Å². The Morgan fingerprint density at radius 1 is 1.00 bits per heavy atom. The second-order valence-electron chi connectivity index (χ2n) is 5.17. The van der Waals surface area contributed by atoms with Crippen LogP contribution >= 0.6 is 11.8 Å². The first-order valence-electron chi connectivity index (χ1n) is 7.25. The predicted molar refractivity (Wildman–Crippen MR) is 93.9 cm³/mol. The summed E-state index contributed by atoms with van der Waals surface area (Å²) < 4.78 is 0. The summed E-state index contributed by atoms with van der Waals surface area (Å²) >= 11 is 1.65. The van der Waals surface area contributed by atoms with Gasteiger partial charge in [-0.3, -0.25) is 9.59 Å². The molecule has 0 aliphatic carbocycles. The monoisotopic (exact) mass is 328 g/mol. The Labute approximate surface area is 140 Å². The molecular weight excluding hydrogens is 308 g/mol. The third kappa shape index (κ3) is 4.36. The van der Waals surface area contributed by atoms with Crippen molar-refractivity contribution in [3.8, 4) is 0 Å². The minimum atomic E-state index is -0.116. The maximum absolute atomic E-state index is 12.4. The second kappa shape index (κ2) is 7.83. The fourth-order valence-corrected chi connectivity index (χ4v) is 2.61. The van der Waals surface area contributed by atoms with Crippen molar-refractivity contribution in [3.05, 3.63) is 65.2 Å². The van der Waals surface area contributed by atoms with Crippen molar-refractivity contribution >= 4 is 23.6 Å². The van der Waals surface area contributed by atoms with E-state index in [1.54, 1.807) is 42.9 Å². The van der Waals surface area contributed by atoms with Crippen LogP contribution < -0.4 is 5.32 Å². The smallest absolute Gasteiger partial charge is 0.253 e. The summed E-state index contributed by atoms with van der Waals surface area (Å²) in [6.45, 7) is 0.497. The van der Waals surface area contributed by atoms with Crippen LogP contribution in [0, 0.1) is 0 Å². The number of benzene rings is 2. The van der Waals surface area contributed by atoms with Gasteiger partial charge in [0.1, 0.15) is 0 Å². The fraction of sp³-hybridized carbons (Fsp3) is 0.222. The lowest BCUT2D eigenvalue weighted by atomic mass is 10.1. The molecule has 2 amide bonds. The SMILES string of the molecule is CNC(=O)c1ccc(CN(C)C(=O)c2ccc(SC)cc2)cc1.